The molecule has 1 heterocycles. The number of nitrogens with one attached hydrogen (secondary N) is 1. The van der Waals surface area contributed by atoms with E-state index >= 15 is 0 Å². The summed E-state index contributed by atoms with van der Waals surface area (Å²) in [5.41, 5.74) is 0.253. The zero-order chi connectivity index (χ0) is 10.7. The number of methoxy groups -OCH3 is 1. The quantitative estimate of drug-likeness (QED) is 0.771. The molecule has 1 saturated carbocycles. The van der Waals surface area contributed by atoms with Crippen molar-refractivity contribution in [3.8, 4) is 0 Å². The van der Waals surface area contributed by atoms with Crippen LogP contribution in [0, 0.1) is 0 Å². The van der Waals surface area contributed by atoms with Crippen molar-refractivity contribution in [2.75, 3.05) is 20.3 Å². The molecule has 0 aromatic rings. The average molecular weight is 213 g/mol. The molecule has 3 nitrogen and oxygen atoms in total. The summed E-state index contributed by atoms with van der Waals surface area (Å²) in [6.07, 6.45) is 6.23. The van der Waals surface area contributed by atoms with Gasteiger partial charge in [0.1, 0.15) is 0 Å². The smallest absolute Gasteiger partial charge is 0.0697 e. The first kappa shape index (κ1) is 11.4. The summed E-state index contributed by atoms with van der Waals surface area (Å²) in [7, 11) is 1.76. The van der Waals surface area contributed by atoms with Crippen LogP contribution < -0.4 is 5.32 Å². The van der Waals surface area contributed by atoms with E-state index in [1.54, 1.807) is 7.11 Å². The van der Waals surface area contributed by atoms with Crippen LogP contribution in [0.4, 0.5) is 0 Å². The number of hydrogen-bond donors (Lipinski definition) is 1. The molecule has 0 radical (unpaired) electrons. The number of rotatable bonds is 4. The third-order valence-electron chi connectivity index (χ3n) is 3.69. The Kier molecular flexibility index (Phi) is 3.65. The van der Waals surface area contributed by atoms with E-state index in [9.17, 15) is 0 Å². The van der Waals surface area contributed by atoms with Crippen LogP contribution in [0.1, 0.15) is 39.0 Å². The Balaban J connectivity index is 1.77. The molecule has 1 spiro atoms. The van der Waals surface area contributed by atoms with Crippen LogP contribution >= 0.6 is 0 Å². The Labute approximate surface area is 92.5 Å². The van der Waals surface area contributed by atoms with Gasteiger partial charge in [0, 0.05) is 25.8 Å². The highest BCUT2D eigenvalue weighted by atomic mass is 16.5. The molecule has 15 heavy (non-hydrogen) atoms. The van der Waals surface area contributed by atoms with Gasteiger partial charge >= 0.3 is 0 Å². The summed E-state index contributed by atoms with van der Waals surface area (Å²) >= 11 is 0. The van der Waals surface area contributed by atoms with Crippen molar-refractivity contribution in [1.82, 2.24) is 5.32 Å². The Morgan fingerprint density at radius 3 is 2.93 bits per heavy atom. The van der Waals surface area contributed by atoms with E-state index in [1.807, 2.05) is 0 Å². The van der Waals surface area contributed by atoms with Gasteiger partial charge in [0.25, 0.3) is 0 Å². The number of hydrogen-bond acceptors (Lipinski definition) is 3. The second-order valence-electron chi connectivity index (χ2n) is 5.10. The molecule has 2 aliphatic rings. The molecule has 0 bridgehead atoms. The fraction of sp³-hybridized carbons (Fsp3) is 1.00. The minimum absolute atomic E-state index is 0.253. The van der Waals surface area contributed by atoms with E-state index in [0.29, 0.717) is 12.1 Å². The maximum atomic E-state index is 5.90. The van der Waals surface area contributed by atoms with Crippen LogP contribution in [0.2, 0.25) is 0 Å². The van der Waals surface area contributed by atoms with Crippen molar-refractivity contribution in [3.05, 3.63) is 0 Å². The molecule has 2 unspecified atom stereocenters. The molecule has 0 aromatic heterocycles. The highest BCUT2D eigenvalue weighted by Gasteiger charge is 2.42. The first-order chi connectivity index (χ1) is 7.24. The van der Waals surface area contributed by atoms with Gasteiger partial charge in [0.2, 0.25) is 0 Å². The average Bonchev–Trinajstić information content (AvgIpc) is 2.16. The van der Waals surface area contributed by atoms with Crippen molar-refractivity contribution < 1.29 is 9.47 Å². The molecule has 1 aliphatic heterocycles. The molecular weight excluding hydrogens is 190 g/mol. The van der Waals surface area contributed by atoms with Gasteiger partial charge in [-0.1, -0.05) is 0 Å². The van der Waals surface area contributed by atoms with E-state index in [1.165, 1.54) is 25.7 Å². The molecule has 0 aromatic carbocycles. The lowest BCUT2D eigenvalue weighted by molar-refractivity contribution is -0.136. The molecule has 2 fully saturated rings. The van der Waals surface area contributed by atoms with E-state index < -0.39 is 0 Å². The van der Waals surface area contributed by atoms with E-state index in [-0.39, 0.29) is 5.60 Å². The lowest BCUT2D eigenvalue weighted by atomic mass is 9.74. The SMILES string of the molecule is COCC(C)NC1CCOC2(CCC2)C1. The largest absolute Gasteiger partial charge is 0.383 e. The van der Waals surface area contributed by atoms with Crippen LogP contribution in [-0.2, 0) is 9.47 Å². The van der Waals surface area contributed by atoms with E-state index in [0.717, 1.165) is 19.6 Å². The summed E-state index contributed by atoms with van der Waals surface area (Å²) in [4.78, 5) is 0. The lowest BCUT2D eigenvalue weighted by Gasteiger charge is -2.47. The van der Waals surface area contributed by atoms with Gasteiger partial charge in [0.15, 0.2) is 0 Å². The molecule has 88 valence electrons. The number of ether oxygens (including phenoxy) is 2. The second kappa shape index (κ2) is 4.81. The zero-order valence-corrected chi connectivity index (χ0v) is 9.92. The predicted octanol–water partition coefficient (Wildman–Crippen LogP) is 1.71. The van der Waals surface area contributed by atoms with Gasteiger partial charge in [-0.3, -0.25) is 0 Å². The third-order valence-corrected chi connectivity index (χ3v) is 3.69. The molecule has 2 rings (SSSR count). The fourth-order valence-corrected chi connectivity index (χ4v) is 2.79. The Morgan fingerprint density at radius 1 is 1.53 bits per heavy atom. The van der Waals surface area contributed by atoms with Gasteiger partial charge in [-0.25, -0.2) is 0 Å². The summed E-state index contributed by atoms with van der Waals surface area (Å²) in [5.74, 6) is 0. The van der Waals surface area contributed by atoms with E-state index in [4.69, 9.17) is 9.47 Å². The second-order valence-corrected chi connectivity index (χ2v) is 5.10. The molecule has 0 amide bonds. The molecule has 1 aliphatic carbocycles. The van der Waals surface area contributed by atoms with Gasteiger partial charge in [0.05, 0.1) is 12.2 Å². The minimum Gasteiger partial charge on any atom is -0.383 e. The maximum absolute atomic E-state index is 5.90. The van der Waals surface area contributed by atoms with Crippen LogP contribution in [0.5, 0.6) is 0 Å². The van der Waals surface area contributed by atoms with Crippen LogP contribution in [-0.4, -0.2) is 38.0 Å². The summed E-state index contributed by atoms with van der Waals surface area (Å²) in [6, 6.07) is 1.08. The van der Waals surface area contributed by atoms with Gasteiger partial charge in [-0.05, 0) is 39.0 Å². The Bertz CT molecular complexity index is 204. The summed E-state index contributed by atoms with van der Waals surface area (Å²) < 4.78 is 11.0. The standard InChI is InChI=1S/C12H23NO2/c1-10(9-14-2)13-11-4-7-15-12(8-11)5-3-6-12/h10-11,13H,3-9H2,1-2H3. The molecular formula is C12H23NO2. The van der Waals surface area contributed by atoms with Crippen LogP contribution in [0.3, 0.4) is 0 Å². The van der Waals surface area contributed by atoms with E-state index in [2.05, 4.69) is 12.2 Å². The predicted molar refractivity (Wildman–Crippen MR) is 60.0 cm³/mol. The lowest BCUT2D eigenvalue weighted by Crippen LogP contribution is -2.52. The first-order valence-electron chi connectivity index (χ1n) is 6.13. The van der Waals surface area contributed by atoms with Crippen LogP contribution in [0.15, 0.2) is 0 Å². The Hall–Kier alpha value is -0.120. The topological polar surface area (TPSA) is 30.5 Å². The van der Waals surface area contributed by atoms with Crippen molar-refractivity contribution >= 4 is 0 Å². The minimum atomic E-state index is 0.253. The van der Waals surface area contributed by atoms with Crippen molar-refractivity contribution in [2.24, 2.45) is 0 Å². The Morgan fingerprint density at radius 2 is 2.33 bits per heavy atom. The van der Waals surface area contributed by atoms with Crippen LogP contribution in [0.25, 0.3) is 0 Å². The third kappa shape index (κ3) is 2.71. The molecule has 3 heteroatoms. The maximum Gasteiger partial charge on any atom is 0.0697 e. The highest BCUT2D eigenvalue weighted by Crippen LogP contribution is 2.42. The monoisotopic (exact) mass is 213 g/mol. The van der Waals surface area contributed by atoms with Gasteiger partial charge in [-0.2, -0.15) is 0 Å². The van der Waals surface area contributed by atoms with Gasteiger partial charge in [-0.15, -0.1) is 0 Å². The summed E-state index contributed by atoms with van der Waals surface area (Å²) in [5, 5.41) is 3.64. The normalized spacial score (nSPS) is 31.2. The first-order valence-corrected chi connectivity index (χ1v) is 6.13. The molecule has 1 N–H and O–H groups in total. The summed E-state index contributed by atoms with van der Waals surface area (Å²) in [6.45, 7) is 3.91. The van der Waals surface area contributed by atoms with Crippen molar-refractivity contribution in [1.29, 1.82) is 0 Å². The van der Waals surface area contributed by atoms with Gasteiger partial charge < -0.3 is 14.8 Å². The zero-order valence-electron chi connectivity index (χ0n) is 9.92. The van der Waals surface area contributed by atoms with Crippen molar-refractivity contribution in [2.45, 2.75) is 56.7 Å². The fourth-order valence-electron chi connectivity index (χ4n) is 2.79. The highest BCUT2D eigenvalue weighted by molar-refractivity contribution is 4.96. The molecule has 2 atom stereocenters. The molecule has 1 saturated heterocycles. The van der Waals surface area contributed by atoms with Crippen molar-refractivity contribution in [3.63, 3.8) is 0 Å².